The first-order chi connectivity index (χ1) is 6.70. The quantitative estimate of drug-likeness (QED) is 0.489. The normalized spacial score (nSPS) is 19.8. The van der Waals surface area contributed by atoms with E-state index >= 15 is 0 Å². The van der Waals surface area contributed by atoms with E-state index in [0.29, 0.717) is 4.59 Å². The number of hydrogen-bond acceptors (Lipinski definition) is 1. The van der Waals surface area contributed by atoms with E-state index < -0.39 is 0 Å². The first kappa shape index (κ1) is 12.2. The van der Waals surface area contributed by atoms with Crippen molar-refractivity contribution in [2.24, 2.45) is 0 Å². The SMILES string of the molecule is [Li][CH](NC=O)[CH]([Li])C1=C(CC)C=CC1. The molecule has 1 rings (SSSR count). The fraction of sp³-hybridized carbons (Fsp3) is 0.500. The second-order valence-corrected chi connectivity index (χ2v) is 3.87. The number of nitrogens with one attached hydrogen (secondary N) is 1. The molecule has 0 bridgehead atoms. The van der Waals surface area contributed by atoms with E-state index in [9.17, 15) is 4.79 Å². The van der Waals surface area contributed by atoms with Crippen molar-refractivity contribution in [1.82, 2.24) is 5.32 Å². The Morgan fingerprint density at radius 3 is 2.93 bits per heavy atom. The van der Waals surface area contributed by atoms with Crippen LogP contribution < -0.4 is 5.32 Å². The Labute approximate surface area is 104 Å². The maximum atomic E-state index is 10.3. The molecule has 0 saturated heterocycles. The van der Waals surface area contributed by atoms with Crippen molar-refractivity contribution in [3.63, 3.8) is 0 Å². The van der Waals surface area contributed by atoms with Crippen LogP contribution in [0.15, 0.2) is 23.3 Å². The number of carbonyl (C=O) groups is 1. The van der Waals surface area contributed by atoms with Gasteiger partial charge in [-0.05, 0) is 0 Å². The molecule has 1 N–H and O–H groups in total. The molecule has 0 saturated carbocycles. The van der Waals surface area contributed by atoms with E-state index in [1.165, 1.54) is 11.1 Å². The van der Waals surface area contributed by atoms with E-state index in [1.807, 2.05) is 0 Å². The summed E-state index contributed by atoms with van der Waals surface area (Å²) in [6.45, 7) is 2.18. The third kappa shape index (κ3) is 2.82. The fourth-order valence-electron chi connectivity index (χ4n) is 1.94. The summed E-state index contributed by atoms with van der Waals surface area (Å²) in [6.07, 6.45) is 7.34. The molecule has 4 heteroatoms. The molecule has 0 spiro atoms. The van der Waals surface area contributed by atoms with Crippen LogP contribution >= 0.6 is 0 Å². The van der Waals surface area contributed by atoms with Crippen LogP contribution in [0.25, 0.3) is 0 Å². The molecular weight excluding hydrogens is 164 g/mol. The summed E-state index contributed by atoms with van der Waals surface area (Å²) in [4.78, 5) is 10.3. The van der Waals surface area contributed by atoms with Crippen molar-refractivity contribution in [2.75, 3.05) is 0 Å². The van der Waals surface area contributed by atoms with Crippen LogP contribution in [-0.4, -0.2) is 46.6 Å². The van der Waals surface area contributed by atoms with Crippen LogP contribution in [0.1, 0.15) is 19.8 Å². The summed E-state index contributed by atoms with van der Waals surface area (Å²) in [7, 11) is 0. The molecule has 2 atom stereocenters. The van der Waals surface area contributed by atoms with Gasteiger partial charge in [0.25, 0.3) is 0 Å². The van der Waals surface area contributed by atoms with Gasteiger partial charge in [0.1, 0.15) is 0 Å². The second-order valence-electron chi connectivity index (χ2n) is 3.87. The van der Waals surface area contributed by atoms with Crippen LogP contribution in [0.5, 0.6) is 0 Å². The molecule has 0 aromatic heterocycles. The van der Waals surface area contributed by atoms with Crippen LogP contribution in [-0.2, 0) is 4.79 Å². The van der Waals surface area contributed by atoms with Gasteiger partial charge in [0.2, 0.25) is 0 Å². The van der Waals surface area contributed by atoms with Gasteiger partial charge in [-0.3, -0.25) is 0 Å². The van der Waals surface area contributed by atoms with E-state index in [4.69, 9.17) is 0 Å². The van der Waals surface area contributed by atoms with Crippen molar-refractivity contribution in [1.29, 1.82) is 0 Å². The van der Waals surface area contributed by atoms with Crippen LogP contribution in [0.3, 0.4) is 0 Å². The van der Waals surface area contributed by atoms with Gasteiger partial charge in [0.15, 0.2) is 0 Å². The van der Waals surface area contributed by atoms with E-state index in [2.05, 4.69) is 59.8 Å². The standard InChI is InChI=1S/C10H13NO.2Li/c1-2-9-4-3-5-10(9)6-7-11-8-12;;/h3-4,6-8H,2,5H2,1H3,(H,11,12);;. The predicted octanol–water partition coefficient (Wildman–Crippen LogP) is 0.851. The molecule has 2 unspecified atom stereocenters. The number of carbonyl (C=O) groups excluding carboxylic acids is 1. The molecule has 0 aromatic carbocycles. The summed E-state index contributed by atoms with van der Waals surface area (Å²) in [5.41, 5.74) is 2.92. The summed E-state index contributed by atoms with van der Waals surface area (Å²) in [6, 6.07) is 0. The van der Waals surface area contributed by atoms with Crippen LogP contribution in [0.4, 0.5) is 0 Å². The van der Waals surface area contributed by atoms with E-state index in [0.717, 1.165) is 19.3 Å². The third-order valence-electron chi connectivity index (χ3n) is 3.08. The summed E-state index contributed by atoms with van der Waals surface area (Å²) in [5.74, 6) is 0. The molecular formula is C10H13Li2NO. The van der Waals surface area contributed by atoms with E-state index in [-0.39, 0.29) is 4.71 Å². The maximum absolute atomic E-state index is 10.3. The van der Waals surface area contributed by atoms with Crippen LogP contribution in [0, 0.1) is 0 Å². The second kappa shape index (κ2) is 5.89. The minimum atomic E-state index is 0.226. The zero-order valence-corrected chi connectivity index (χ0v) is 9.21. The van der Waals surface area contributed by atoms with Crippen LogP contribution in [0.2, 0.25) is 4.59 Å². The molecule has 2 nitrogen and oxygen atoms in total. The average molecular weight is 177 g/mol. The van der Waals surface area contributed by atoms with Crippen molar-refractivity contribution < 1.29 is 4.79 Å². The van der Waals surface area contributed by atoms with Gasteiger partial charge in [0, 0.05) is 0 Å². The first-order valence-electron chi connectivity index (χ1n) is 5.28. The van der Waals surface area contributed by atoms with Gasteiger partial charge >= 0.3 is 104 Å². The molecule has 66 valence electrons. The molecule has 0 fully saturated rings. The van der Waals surface area contributed by atoms with Crippen molar-refractivity contribution in [3.05, 3.63) is 23.3 Å². The Bertz CT molecular complexity index is 273. The van der Waals surface area contributed by atoms with Crippen molar-refractivity contribution in [2.45, 2.75) is 29.1 Å². The number of allylic oxidation sites excluding steroid dienone is 3. The van der Waals surface area contributed by atoms with Gasteiger partial charge in [0.05, 0.1) is 0 Å². The zero-order valence-electron chi connectivity index (χ0n) is 9.21. The Morgan fingerprint density at radius 2 is 2.36 bits per heavy atom. The first-order valence-corrected chi connectivity index (χ1v) is 5.28. The molecule has 0 radical (unpaired) electrons. The molecule has 14 heavy (non-hydrogen) atoms. The van der Waals surface area contributed by atoms with Crippen molar-refractivity contribution >= 4 is 41.8 Å². The summed E-state index contributed by atoms with van der Waals surface area (Å²) < 4.78 is 0.661. The molecule has 1 amide bonds. The predicted molar refractivity (Wildman–Crippen MR) is 59.3 cm³/mol. The number of hydrogen-bond donors (Lipinski definition) is 1. The molecule has 0 aromatic rings. The summed E-state index contributed by atoms with van der Waals surface area (Å²) in [5, 5.41) is 2.82. The third-order valence-corrected chi connectivity index (χ3v) is 3.08. The Hall–Kier alpha value is 0.145. The van der Waals surface area contributed by atoms with Crippen molar-refractivity contribution in [3.8, 4) is 0 Å². The van der Waals surface area contributed by atoms with Gasteiger partial charge in [-0.2, -0.15) is 0 Å². The molecule has 0 aliphatic heterocycles. The number of rotatable bonds is 5. The Balaban J connectivity index is 2.69. The minimum absolute atomic E-state index is 0.226. The Kier molecular flexibility index (Phi) is 5.14. The average Bonchev–Trinajstić information content (AvgIpc) is 2.64. The van der Waals surface area contributed by atoms with E-state index in [1.54, 1.807) is 0 Å². The van der Waals surface area contributed by atoms with Gasteiger partial charge in [-0.1, -0.05) is 0 Å². The van der Waals surface area contributed by atoms with Gasteiger partial charge < -0.3 is 0 Å². The monoisotopic (exact) mass is 177 g/mol. The zero-order chi connectivity index (χ0) is 10.6. The molecule has 0 heterocycles. The summed E-state index contributed by atoms with van der Waals surface area (Å²) >= 11 is 4.23. The van der Waals surface area contributed by atoms with Gasteiger partial charge in [-0.25, -0.2) is 0 Å². The Morgan fingerprint density at radius 1 is 1.64 bits per heavy atom. The van der Waals surface area contributed by atoms with Gasteiger partial charge in [-0.15, -0.1) is 0 Å². The molecule has 1 aliphatic carbocycles. The topological polar surface area (TPSA) is 29.1 Å². The molecule has 1 aliphatic rings. The number of amides is 1. The fourth-order valence-corrected chi connectivity index (χ4v) is 1.94.